The van der Waals surface area contributed by atoms with E-state index < -0.39 is 11.3 Å². The van der Waals surface area contributed by atoms with Crippen LogP contribution in [0.4, 0.5) is 0 Å². The molecule has 0 aliphatic carbocycles. The molecular formula is C24H32N2O4. The van der Waals surface area contributed by atoms with Gasteiger partial charge in [-0.05, 0) is 62.9 Å². The Hall–Kier alpha value is -3.02. The summed E-state index contributed by atoms with van der Waals surface area (Å²) in [7, 11) is 0. The van der Waals surface area contributed by atoms with Crippen LogP contribution < -0.4 is 20.3 Å². The highest BCUT2D eigenvalue weighted by molar-refractivity contribution is 5.85. The van der Waals surface area contributed by atoms with Gasteiger partial charge in [-0.15, -0.1) is 0 Å². The second kappa shape index (κ2) is 10.7. The smallest absolute Gasteiger partial charge is 0.276 e. The molecule has 0 fully saturated rings. The maximum absolute atomic E-state index is 12.4. The van der Waals surface area contributed by atoms with Crippen LogP contribution in [0.25, 0.3) is 0 Å². The van der Waals surface area contributed by atoms with E-state index in [9.17, 15) is 9.59 Å². The summed E-state index contributed by atoms with van der Waals surface area (Å²) in [6.45, 7) is 10.1. The number of hydrogen-bond donors (Lipinski definition) is 2. The number of carbonyl (C=O) groups is 2. The topological polar surface area (TPSA) is 76.7 Å². The fourth-order valence-corrected chi connectivity index (χ4v) is 2.79. The zero-order chi connectivity index (χ0) is 22.1. The van der Waals surface area contributed by atoms with Gasteiger partial charge in [-0.3, -0.25) is 20.4 Å². The van der Waals surface area contributed by atoms with E-state index in [1.54, 1.807) is 12.1 Å². The summed E-state index contributed by atoms with van der Waals surface area (Å²) < 4.78 is 11.3. The van der Waals surface area contributed by atoms with Crippen LogP contribution in [0.5, 0.6) is 11.5 Å². The van der Waals surface area contributed by atoms with Crippen molar-refractivity contribution in [2.75, 3.05) is 13.2 Å². The van der Waals surface area contributed by atoms with Crippen molar-refractivity contribution >= 4 is 11.8 Å². The lowest BCUT2D eigenvalue weighted by Gasteiger charge is -2.23. The Kier molecular flexibility index (Phi) is 8.27. The zero-order valence-electron chi connectivity index (χ0n) is 18.5. The highest BCUT2D eigenvalue weighted by Crippen LogP contribution is 2.24. The van der Waals surface area contributed by atoms with Gasteiger partial charge in [0.05, 0.1) is 6.61 Å². The first-order valence-electron chi connectivity index (χ1n) is 10.2. The quantitative estimate of drug-likeness (QED) is 0.482. The normalized spacial score (nSPS) is 11.0. The number of hydrazine groups is 1. The SMILES string of the molecule is Cc1ccc(OCC(=O)NNC(=O)C(C)(C)CCCOc2cc(C)ccc2C)cc1. The van der Waals surface area contributed by atoms with E-state index in [1.807, 2.05) is 58.9 Å². The van der Waals surface area contributed by atoms with Gasteiger partial charge in [0.2, 0.25) is 5.91 Å². The highest BCUT2D eigenvalue weighted by atomic mass is 16.5. The third-order valence-electron chi connectivity index (χ3n) is 4.87. The van der Waals surface area contributed by atoms with Gasteiger partial charge >= 0.3 is 0 Å². The molecule has 2 N–H and O–H groups in total. The Bertz CT molecular complexity index is 860. The summed E-state index contributed by atoms with van der Waals surface area (Å²) in [5, 5.41) is 0. The van der Waals surface area contributed by atoms with Gasteiger partial charge in [0.15, 0.2) is 6.61 Å². The Labute approximate surface area is 178 Å². The molecule has 6 heteroatoms. The molecule has 0 aromatic heterocycles. The first kappa shape index (κ1) is 23.3. The number of carbonyl (C=O) groups excluding carboxylic acids is 2. The molecule has 2 amide bonds. The van der Waals surface area contributed by atoms with Gasteiger partial charge in [0, 0.05) is 5.41 Å². The largest absolute Gasteiger partial charge is 0.493 e. The van der Waals surface area contributed by atoms with E-state index in [-0.39, 0.29) is 12.5 Å². The maximum Gasteiger partial charge on any atom is 0.276 e. The predicted molar refractivity (Wildman–Crippen MR) is 117 cm³/mol. The first-order valence-corrected chi connectivity index (χ1v) is 10.2. The van der Waals surface area contributed by atoms with Crippen molar-refractivity contribution in [1.82, 2.24) is 10.9 Å². The van der Waals surface area contributed by atoms with Crippen LogP contribution in [0.3, 0.4) is 0 Å². The van der Waals surface area contributed by atoms with Crippen LogP contribution >= 0.6 is 0 Å². The van der Waals surface area contributed by atoms with Gasteiger partial charge < -0.3 is 9.47 Å². The summed E-state index contributed by atoms with van der Waals surface area (Å²) in [6.07, 6.45) is 1.34. The van der Waals surface area contributed by atoms with E-state index in [2.05, 4.69) is 16.9 Å². The average molecular weight is 413 g/mol. The lowest BCUT2D eigenvalue weighted by molar-refractivity contribution is -0.135. The fourth-order valence-electron chi connectivity index (χ4n) is 2.79. The standard InChI is InChI=1S/C24H32N2O4/c1-17-8-11-20(12-9-17)30-16-22(27)25-26-23(28)24(4,5)13-6-14-29-21-15-18(2)7-10-19(21)3/h7-12,15H,6,13-14,16H2,1-5H3,(H,25,27)(H,26,28). The van der Waals surface area contributed by atoms with Gasteiger partial charge in [-0.1, -0.05) is 43.7 Å². The Morgan fingerprint density at radius 3 is 2.27 bits per heavy atom. The van der Waals surface area contributed by atoms with Crippen LogP contribution in [0.15, 0.2) is 42.5 Å². The number of nitrogens with one attached hydrogen (secondary N) is 2. The van der Waals surface area contributed by atoms with Gasteiger partial charge in [0.1, 0.15) is 11.5 Å². The van der Waals surface area contributed by atoms with Gasteiger partial charge in [-0.25, -0.2) is 0 Å². The summed E-state index contributed by atoms with van der Waals surface area (Å²) in [4.78, 5) is 24.4. The monoisotopic (exact) mass is 412 g/mol. The van der Waals surface area contributed by atoms with Gasteiger partial charge in [0.25, 0.3) is 5.91 Å². The molecule has 0 saturated heterocycles. The van der Waals surface area contributed by atoms with Crippen LogP contribution in [0.2, 0.25) is 0 Å². The summed E-state index contributed by atoms with van der Waals surface area (Å²) in [5.74, 6) is 0.806. The number of ether oxygens (including phenoxy) is 2. The third kappa shape index (κ3) is 7.43. The van der Waals surface area contributed by atoms with E-state index >= 15 is 0 Å². The minimum atomic E-state index is -0.643. The first-order chi connectivity index (χ1) is 14.2. The molecule has 0 heterocycles. The molecule has 2 rings (SSSR count). The molecule has 0 aliphatic heterocycles. The second-order valence-electron chi connectivity index (χ2n) is 8.21. The molecular weight excluding hydrogens is 380 g/mol. The third-order valence-corrected chi connectivity index (χ3v) is 4.87. The Morgan fingerprint density at radius 2 is 1.57 bits per heavy atom. The molecule has 0 radical (unpaired) electrons. The van der Waals surface area contributed by atoms with Crippen LogP contribution in [-0.2, 0) is 9.59 Å². The number of rotatable bonds is 9. The lowest BCUT2D eigenvalue weighted by atomic mass is 9.87. The molecule has 0 aliphatic rings. The molecule has 2 aromatic rings. The van der Waals surface area contributed by atoms with E-state index in [1.165, 1.54) is 0 Å². The average Bonchev–Trinajstić information content (AvgIpc) is 2.71. The van der Waals surface area contributed by atoms with Crippen molar-refractivity contribution in [2.24, 2.45) is 5.41 Å². The molecule has 0 atom stereocenters. The van der Waals surface area contributed by atoms with Crippen LogP contribution in [-0.4, -0.2) is 25.0 Å². The van der Waals surface area contributed by atoms with E-state index in [0.29, 0.717) is 18.8 Å². The van der Waals surface area contributed by atoms with E-state index in [4.69, 9.17) is 9.47 Å². The second-order valence-corrected chi connectivity index (χ2v) is 8.21. The molecule has 2 aromatic carbocycles. The molecule has 6 nitrogen and oxygen atoms in total. The van der Waals surface area contributed by atoms with Crippen molar-refractivity contribution in [3.63, 3.8) is 0 Å². The molecule has 0 spiro atoms. The molecule has 30 heavy (non-hydrogen) atoms. The molecule has 0 saturated carbocycles. The Balaban J connectivity index is 1.69. The maximum atomic E-state index is 12.4. The van der Waals surface area contributed by atoms with Crippen molar-refractivity contribution in [3.8, 4) is 11.5 Å². The predicted octanol–water partition coefficient (Wildman–Crippen LogP) is 4.02. The number of benzene rings is 2. The van der Waals surface area contributed by atoms with Crippen molar-refractivity contribution in [1.29, 1.82) is 0 Å². The van der Waals surface area contributed by atoms with Crippen molar-refractivity contribution in [2.45, 2.75) is 47.5 Å². The summed E-state index contributed by atoms with van der Waals surface area (Å²) >= 11 is 0. The Morgan fingerprint density at radius 1 is 0.900 bits per heavy atom. The van der Waals surface area contributed by atoms with E-state index in [0.717, 1.165) is 28.9 Å². The number of hydrogen-bond acceptors (Lipinski definition) is 4. The van der Waals surface area contributed by atoms with Gasteiger partial charge in [-0.2, -0.15) is 0 Å². The van der Waals surface area contributed by atoms with Crippen LogP contribution in [0.1, 0.15) is 43.4 Å². The number of aryl methyl sites for hydroxylation is 3. The minimum absolute atomic E-state index is 0.173. The zero-order valence-corrected chi connectivity index (χ0v) is 18.5. The lowest BCUT2D eigenvalue weighted by Crippen LogP contribution is -2.48. The minimum Gasteiger partial charge on any atom is -0.493 e. The summed E-state index contributed by atoms with van der Waals surface area (Å²) in [6, 6.07) is 13.5. The van der Waals surface area contributed by atoms with Crippen molar-refractivity contribution in [3.05, 3.63) is 59.2 Å². The highest BCUT2D eigenvalue weighted by Gasteiger charge is 2.27. The molecule has 162 valence electrons. The summed E-state index contributed by atoms with van der Waals surface area (Å²) in [5.41, 5.74) is 7.60. The van der Waals surface area contributed by atoms with Crippen LogP contribution in [0, 0.1) is 26.2 Å². The number of amides is 2. The molecule has 0 unspecified atom stereocenters. The molecule has 0 bridgehead atoms. The fraction of sp³-hybridized carbons (Fsp3) is 0.417. The van der Waals surface area contributed by atoms with Crippen molar-refractivity contribution < 1.29 is 19.1 Å².